The lowest BCUT2D eigenvalue weighted by atomic mass is 10.1. The number of amides is 3. The third kappa shape index (κ3) is 5.42. The molecule has 0 aromatic heterocycles. The Morgan fingerprint density at radius 2 is 1.66 bits per heavy atom. The van der Waals surface area contributed by atoms with Crippen LogP contribution in [0.25, 0.3) is 0 Å². The number of nitrogens with one attached hydrogen (secondary N) is 2. The Labute approximate surface area is 185 Å². The van der Waals surface area contributed by atoms with Crippen molar-refractivity contribution in [2.75, 3.05) is 29.2 Å². The van der Waals surface area contributed by atoms with Gasteiger partial charge in [-0.15, -0.1) is 0 Å². The van der Waals surface area contributed by atoms with E-state index in [1.54, 1.807) is 48.5 Å². The summed E-state index contributed by atoms with van der Waals surface area (Å²) < 4.78 is 10.6. The van der Waals surface area contributed by atoms with E-state index < -0.39 is 23.9 Å². The molecule has 1 aliphatic heterocycles. The third-order valence-corrected chi connectivity index (χ3v) is 4.97. The Kier molecular flexibility index (Phi) is 7.09. The average molecular weight is 439 g/mol. The fraction of sp³-hybridized carbons (Fsp3) is 0.304. The van der Waals surface area contributed by atoms with Crippen LogP contribution in [0.4, 0.5) is 17.1 Å². The van der Waals surface area contributed by atoms with Gasteiger partial charge in [-0.25, -0.2) is 0 Å². The van der Waals surface area contributed by atoms with Crippen LogP contribution >= 0.6 is 0 Å². The number of para-hydroxylation sites is 2. The number of anilines is 3. The lowest BCUT2D eigenvalue weighted by Crippen LogP contribution is -2.33. The number of carbonyl (C=O) groups excluding carboxylic acids is 4. The average Bonchev–Trinajstić information content (AvgIpc) is 3.16. The molecule has 2 aromatic carbocycles. The van der Waals surface area contributed by atoms with Crippen LogP contribution in [0.3, 0.4) is 0 Å². The van der Waals surface area contributed by atoms with Crippen molar-refractivity contribution >= 4 is 40.8 Å². The maximum atomic E-state index is 12.6. The fourth-order valence-corrected chi connectivity index (χ4v) is 3.36. The molecule has 2 atom stereocenters. The Morgan fingerprint density at radius 3 is 2.28 bits per heavy atom. The predicted octanol–water partition coefficient (Wildman–Crippen LogP) is 2.58. The van der Waals surface area contributed by atoms with Crippen molar-refractivity contribution < 1.29 is 28.7 Å². The van der Waals surface area contributed by atoms with Crippen LogP contribution in [0.2, 0.25) is 0 Å². The highest BCUT2D eigenvalue weighted by atomic mass is 16.5. The zero-order chi connectivity index (χ0) is 23.3. The van der Waals surface area contributed by atoms with E-state index in [1.165, 1.54) is 25.9 Å². The largest absolute Gasteiger partial charge is 0.495 e. The molecule has 2 aromatic rings. The van der Waals surface area contributed by atoms with E-state index in [2.05, 4.69) is 10.6 Å². The van der Waals surface area contributed by atoms with Crippen LogP contribution in [0, 0.1) is 5.92 Å². The highest BCUT2D eigenvalue weighted by molar-refractivity contribution is 6.01. The van der Waals surface area contributed by atoms with E-state index in [-0.39, 0.29) is 24.8 Å². The van der Waals surface area contributed by atoms with Gasteiger partial charge in [-0.05, 0) is 43.3 Å². The molecule has 0 bridgehead atoms. The highest BCUT2D eigenvalue weighted by Gasteiger charge is 2.38. The Bertz CT molecular complexity index is 1020. The molecule has 1 aliphatic rings. The minimum atomic E-state index is -1.05. The number of ether oxygens (including phenoxy) is 2. The number of methoxy groups -OCH3 is 1. The summed E-state index contributed by atoms with van der Waals surface area (Å²) in [5.41, 5.74) is 1.68. The topological polar surface area (TPSA) is 114 Å². The molecular weight excluding hydrogens is 414 g/mol. The van der Waals surface area contributed by atoms with Gasteiger partial charge in [-0.3, -0.25) is 19.2 Å². The summed E-state index contributed by atoms with van der Waals surface area (Å²) in [7, 11) is 1.51. The van der Waals surface area contributed by atoms with Crippen LogP contribution < -0.4 is 20.3 Å². The molecule has 1 heterocycles. The van der Waals surface area contributed by atoms with Gasteiger partial charge in [0.1, 0.15) is 5.75 Å². The molecule has 2 N–H and O–H groups in total. The Balaban J connectivity index is 1.56. The molecule has 9 heteroatoms. The van der Waals surface area contributed by atoms with Gasteiger partial charge < -0.3 is 25.0 Å². The second-order valence-electron chi connectivity index (χ2n) is 7.40. The monoisotopic (exact) mass is 439 g/mol. The van der Waals surface area contributed by atoms with Gasteiger partial charge >= 0.3 is 5.97 Å². The van der Waals surface area contributed by atoms with Gasteiger partial charge in [0.25, 0.3) is 5.91 Å². The second kappa shape index (κ2) is 9.95. The van der Waals surface area contributed by atoms with E-state index in [1.807, 2.05) is 0 Å². The number of hydrogen-bond acceptors (Lipinski definition) is 6. The molecule has 0 radical (unpaired) electrons. The van der Waals surface area contributed by atoms with E-state index in [0.717, 1.165) is 0 Å². The first-order chi connectivity index (χ1) is 15.3. The fourth-order valence-electron chi connectivity index (χ4n) is 3.36. The van der Waals surface area contributed by atoms with E-state index in [0.29, 0.717) is 22.8 Å². The number of benzene rings is 2. The van der Waals surface area contributed by atoms with E-state index >= 15 is 0 Å². The molecule has 0 spiro atoms. The molecule has 0 aliphatic carbocycles. The number of hydrogen-bond donors (Lipinski definition) is 2. The van der Waals surface area contributed by atoms with Crippen LogP contribution in [-0.2, 0) is 23.9 Å². The van der Waals surface area contributed by atoms with Gasteiger partial charge in [0.2, 0.25) is 11.8 Å². The SMILES string of the molecule is COc1ccccc1N1C[C@H](C(=O)O[C@@H](C)C(=O)Nc2ccc(NC(C)=O)cc2)CC1=O. The van der Waals surface area contributed by atoms with Crippen molar-refractivity contribution in [3.05, 3.63) is 48.5 Å². The standard InChI is InChI=1S/C23H25N3O6/c1-14(22(29)25-18-10-8-17(9-11-18)24-15(2)27)32-23(30)16-12-21(28)26(13-16)19-6-4-5-7-20(19)31-3/h4-11,14,16H,12-13H2,1-3H3,(H,24,27)(H,25,29)/t14-,16+/m0/s1. The first kappa shape index (κ1) is 22.8. The summed E-state index contributed by atoms with van der Waals surface area (Å²) in [5, 5.41) is 5.29. The zero-order valence-electron chi connectivity index (χ0n) is 18.1. The smallest absolute Gasteiger partial charge is 0.312 e. The van der Waals surface area contributed by atoms with Crippen LogP contribution in [0.5, 0.6) is 5.75 Å². The third-order valence-electron chi connectivity index (χ3n) is 4.97. The lowest BCUT2D eigenvalue weighted by Gasteiger charge is -2.20. The zero-order valence-corrected chi connectivity index (χ0v) is 18.1. The van der Waals surface area contributed by atoms with Gasteiger partial charge in [-0.1, -0.05) is 12.1 Å². The Hall–Kier alpha value is -3.88. The quantitative estimate of drug-likeness (QED) is 0.641. The summed E-state index contributed by atoms with van der Waals surface area (Å²) in [6, 6.07) is 13.6. The summed E-state index contributed by atoms with van der Waals surface area (Å²) in [6.45, 7) is 3.02. The summed E-state index contributed by atoms with van der Waals surface area (Å²) in [4.78, 5) is 50.0. The minimum Gasteiger partial charge on any atom is -0.495 e. The number of esters is 1. The van der Waals surface area contributed by atoms with Crippen molar-refractivity contribution in [3.8, 4) is 5.75 Å². The van der Waals surface area contributed by atoms with Gasteiger partial charge in [-0.2, -0.15) is 0 Å². The Morgan fingerprint density at radius 1 is 1.03 bits per heavy atom. The van der Waals surface area contributed by atoms with Crippen LogP contribution in [0.1, 0.15) is 20.3 Å². The molecule has 9 nitrogen and oxygen atoms in total. The van der Waals surface area contributed by atoms with Crippen LogP contribution in [-0.4, -0.2) is 43.4 Å². The molecule has 3 amide bonds. The lowest BCUT2D eigenvalue weighted by molar-refractivity contribution is -0.157. The van der Waals surface area contributed by atoms with Crippen molar-refractivity contribution in [1.29, 1.82) is 0 Å². The summed E-state index contributed by atoms with van der Waals surface area (Å²) in [6.07, 6.45) is -1.05. The summed E-state index contributed by atoms with van der Waals surface area (Å²) in [5.74, 6) is -1.67. The molecule has 1 fully saturated rings. The number of rotatable bonds is 7. The van der Waals surface area contributed by atoms with Gasteiger partial charge in [0.15, 0.2) is 6.10 Å². The van der Waals surface area contributed by atoms with E-state index in [9.17, 15) is 19.2 Å². The molecule has 1 saturated heterocycles. The number of nitrogens with zero attached hydrogens (tertiary/aromatic N) is 1. The normalized spacial score (nSPS) is 16.3. The number of carbonyl (C=O) groups is 4. The molecule has 0 saturated carbocycles. The van der Waals surface area contributed by atoms with E-state index in [4.69, 9.17) is 9.47 Å². The van der Waals surface area contributed by atoms with Crippen LogP contribution in [0.15, 0.2) is 48.5 Å². The second-order valence-corrected chi connectivity index (χ2v) is 7.40. The predicted molar refractivity (Wildman–Crippen MR) is 118 cm³/mol. The maximum Gasteiger partial charge on any atom is 0.312 e. The highest BCUT2D eigenvalue weighted by Crippen LogP contribution is 2.33. The van der Waals surface area contributed by atoms with Crippen molar-refractivity contribution in [3.63, 3.8) is 0 Å². The first-order valence-electron chi connectivity index (χ1n) is 10.1. The summed E-state index contributed by atoms with van der Waals surface area (Å²) >= 11 is 0. The molecule has 168 valence electrons. The minimum absolute atomic E-state index is 0.00414. The van der Waals surface area contributed by atoms with Gasteiger partial charge in [0, 0.05) is 31.3 Å². The molecule has 3 rings (SSSR count). The first-order valence-corrected chi connectivity index (χ1v) is 10.1. The molecule has 32 heavy (non-hydrogen) atoms. The van der Waals surface area contributed by atoms with Crippen molar-refractivity contribution in [2.45, 2.75) is 26.4 Å². The maximum absolute atomic E-state index is 12.6. The molecular formula is C23H25N3O6. The van der Waals surface area contributed by atoms with Crippen molar-refractivity contribution in [2.24, 2.45) is 5.92 Å². The van der Waals surface area contributed by atoms with Crippen molar-refractivity contribution in [1.82, 2.24) is 0 Å². The van der Waals surface area contributed by atoms with Gasteiger partial charge in [0.05, 0.1) is 18.7 Å². The molecule has 0 unspecified atom stereocenters.